The molecular formula is C19H19FN2O3. The fourth-order valence-corrected chi connectivity index (χ4v) is 2.52. The van der Waals surface area contributed by atoms with Crippen LogP contribution in [0.5, 0.6) is 0 Å². The molecule has 0 saturated heterocycles. The monoisotopic (exact) mass is 342 g/mol. The maximum Gasteiger partial charge on any atom is 0.315 e. The van der Waals surface area contributed by atoms with Gasteiger partial charge in [-0.05, 0) is 36.8 Å². The number of para-hydroxylation sites is 1. The van der Waals surface area contributed by atoms with E-state index in [-0.39, 0.29) is 18.9 Å². The van der Waals surface area contributed by atoms with Crippen molar-refractivity contribution in [2.45, 2.75) is 19.1 Å². The second-order valence-electron chi connectivity index (χ2n) is 6.07. The topological polar surface area (TPSA) is 74.5 Å². The van der Waals surface area contributed by atoms with Crippen molar-refractivity contribution in [3.8, 4) is 0 Å². The summed E-state index contributed by atoms with van der Waals surface area (Å²) in [6, 6.07) is 14.5. The zero-order chi connectivity index (χ0) is 17.9. The van der Waals surface area contributed by atoms with Crippen LogP contribution in [0.3, 0.4) is 0 Å². The highest BCUT2D eigenvalue weighted by Gasteiger charge is 2.23. The highest BCUT2D eigenvalue weighted by molar-refractivity contribution is 5.78. The van der Waals surface area contributed by atoms with Crippen molar-refractivity contribution in [3.63, 3.8) is 0 Å². The minimum Gasteiger partial charge on any atom is -0.459 e. The number of nitrogens with one attached hydrogen (secondary N) is 2. The number of amides is 2. The number of hydrogen-bond donors (Lipinski definition) is 3. The van der Waals surface area contributed by atoms with E-state index in [9.17, 15) is 14.3 Å². The molecule has 2 amide bonds. The van der Waals surface area contributed by atoms with Gasteiger partial charge in [0.1, 0.15) is 22.8 Å². The fraction of sp³-hybridized carbons (Fsp3) is 0.211. The summed E-state index contributed by atoms with van der Waals surface area (Å²) in [4.78, 5) is 11.9. The van der Waals surface area contributed by atoms with Crippen molar-refractivity contribution < 1.29 is 18.7 Å². The number of halogens is 1. The zero-order valence-electron chi connectivity index (χ0n) is 13.8. The Morgan fingerprint density at radius 3 is 2.60 bits per heavy atom. The first kappa shape index (κ1) is 17.0. The van der Waals surface area contributed by atoms with Crippen molar-refractivity contribution in [2.24, 2.45) is 0 Å². The van der Waals surface area contributed by atoms with Crippen LogP contribution in [0.1, 0.15) is 18.2 Å². The molecule has 3 rings (SSSR count). The maximum atomic E-state index is 13.0. The average Bonchev–Trinajstić information content (AvgIpc) is 3.01. The number of furan rings is 1. The second-order valence-corrected chi connectivity index (χ2v) is 6.07. The Morgan fingerprint density at radius 2 is 1.88 bits per heavy atom. The molecule has 2 aromatic carbocycles. The van der Waals surface area contributed by atoms with Gasteiger partial charge in [-0.25, -0.2) is 9.18 Å². The minimum absolute atomic E-state index is 0.00933. The summed E-state index contributed by atoms with van der Waals surface area (Å²) in [6.45, 7) is 1.78. The van der Waals surface area contributed by atoms with Gasteiger partial charge in [-0.3, -0.25) is 0 Å². The molecule has 6 heteroatoms. The Balaban J connectivity index is 1.52. The number of fused-ring (bicyclic) bond motifs is 1. The van der Waals surface area contributed by atoms with E-state index in [1.165, 1.54) is 24.3 Å². The Morgan fingerprint density at radius 1 is 1.16 bits per heavy atom. The summed E-state index contributed by atoms with van der Waals surface area (Å²) < 4.78 is 18.6. The third kappa shape index (κ3) is 4.16. The molecule has 0 aliphatic rings. The molecule has 1 atom stereocenters. The van der Waals surface area contributed by atoms with Crippen LogP contribution in [0, 0.1) is 5.82 Å². The second kappa shape index (κ2) is 6.94. The average molecular weight is 342 g/mol. The molecule has 0 aliphatic heterocycles. The number of hydrogen-bond acceptors (Lipinski definition) is 3. The Bertz CT molecular complexity index is 839. The number of carbonyl (C=O) groups excluding carboxylic acids is 1. The molecular weight excluding hydrogens is 323 g/mol. The van der Waals surface area contributed by atoms with E-state index in [1.807, 2.05) is 30.3 Å². The highest BCUT2D eigenvalue weighted by Crippen LogP contribution is 2.20. The van der Waals surface area contributed by atoms with Crippen LogP contribution < -0.4 is 10.6 Å². The number of benzene rings is 2. The lowest BCUT2D eigenvalue weighted by atomic mass is 9.96. The molecule has 130 valence electrons. The quantitative estimate of drug-likeness (QED) is 0.666. The largest absolute Gasteiger partial charge is 0.459 e. The van der Waals surface area contributed by atoms with Crippen LogP contribution in [0.2, 0.25) is 0 Å². The summed E-state index contributed by atoms with van der Waals surface area (Å²) in [5, 5.41) is 16.7. The van der Waals surface area contributed by atoms with Gasteiger partial charge in [-0.2, -0.15) is 0 Å². The van der Waals surface area contributed by atoms with Gasteiger partial charge in [0.05, 0.1) is 13.1 Å². The molecule has 3 aromatic rings. The van der Waals surface area contributed by atoms with Gasteiger partial charge in [-0.15, -0.1) is 0 Å². The summed E-state index contributed by atoms with van der Waals surface area (Å²) in [5.41, 5.74) is -0.0184. The first-order valence-electron chi connectivity index (χ1n) is 7.92. The third-order valence-electron chi connectivity index (χ3n) is 3.96. The van der Waals surface area contributed by atoms with E-state index < -0.39 is 11.6 Å². The van der Waals surface area contributed by atoms with E-state index in [0.717, 1.165) is 11.0 Å². The zero-order valence-corrected chi connectivity index (χ0v) is 13.8. The van der Waals surface area contributed by atoms with Crippen LogP contribution in [0.15, 0.2) is 59.0 Å². The Hall–Kier alpha value is -2.86. The van der Waals surface area contributed by atoms with Crippen molar-refractivity contribution in [3.05, 3.63) is 71.7 Å². The molecule has 1 heterocycles. The van der Waals surface area contributed by atoms with Crippen molar-refractivity contribution in [1.82, 2.24) is 10.6 Å². The molecule has 1 unspecified atom stereocenters. The van der Waals surface area contributed by atoms with E-state index in [2.05, 4.69) is 10.6 Å². The molecule has 0 bridgehead atoms. The lowest BCUT2D eigenvalue weighted by molar-refractivity contribution is 0.0593. The third-order valence-corrected chi connectivity index (χ3v) is 3.96. The predicted octanol–water partition coefficient (Wildman–Crippen LogP) is 3.28. The van der Waals surface area contributed by atoms with Gasteiger partial charge >= 0.3 is 6.03 Å². The molecule has 0 saturated carbocycles. The number of aliphatic hydroxyl groups is 1. The molecule has 0 radical (unpaired) electrons. The first-order valence-corrected chi connectivity index (χ1v) is 7.92. The molecule has 0 fully saturated rings. The van der Waals surface area contributed by atoms with Crippen LogP contribution in [0.4, 0.5) is 9.18 Å². The Kier molecular flexibility index (Phi) is 4.72. The number of urea groups is 1. The van der Waals surface area contributed by atoms with Crippen LogP contribution >= 0.6 is 0 Å². The Labute approximate surface area is 144 Å². The van der Waals surface area contributed by atoms with Gasteiger partial charge in [0.15, 0.2) is 0 Å². The SMILES string of the molecule is CC(O)(CNC(=O)NCc1cc2ccccc2o1)c1ccc(F)cc1. The number of rotatable bonds is 5. The minimum atomic E-state index is -1.30. The van der Waals surface area contributed by atoms with Crippen molar-refractivity contribution >= 4 is 17.0 Å². The molecule has 0 spiro atoms. The van der Waals surface area contributed by atoms with Gasteiger partial charge in [0, 0.05) is 5.39 Å². The molecule has 25 heavy (non-hydrogen) atoms. The molecule has 5 nitrogen and oxygen atoms in total. The van der Waals surface area contributed by atoms with E-state index in [0.29, 0.717) is 11.3 Å². The molecule has 1 aromatic heterocycles. The number of carbonyl (C=O) groups is 1. The molecule has 3 N–H and O–H groups in total. The lowest BCUT2D eigenvalue weighted by Gasteiger charge is -2.24. The van der Waals surface area contributed by atoms with Crippen LogP contribution in [-0.2, 0) is 12.1 Å². The van der Waals surface area contributed by atoms with E-state index in [4.69, 9.17) is 4.42 Å². The van der Waals surface area contributed by atoms with Gasteiger partial charge < -0.3 is 20.2 Å². The fourth-order valence-electron chi connectivity index (χ4n) is 2.52. The van der Waals surface area contributed by atoms with Gasteiger partial charge in [0.2, 0.25) is 0 Å². The maximum absolute atomic E-state index is 13.0. The van der Waals surface area contributed by atoms with Gasteiger partial charge in [0.25, 0.3) is 0 Å². The first-order chi connectivity index (χ1) is 11.9. The predicted molar refractivity (Wildman–Crippen MR) is 92.4 cm³/mol. The molecule has 0 aliphatic carbocycles. The van der Waals surface area contributed by atoms with Crippen molar-refractivity contribution in [2.75, 3.05) is 6.54 Å². The van der Waals surface area contributed by atoms with Crippen molar-refractivity contribution in [1.29, 1.82) is 0 Å². The summed E-state index contributed by atoms with van der Waals surface area (Å²) in [6.07, 6.45) is 0. The standard InChI is InChI=1S/C19H19FN2O3/c1-19(24,14-6-8-15(20)9-7-14)12-22-18(23)21-11-16-10-13-4-2-3-5-17(13)25-16/h2-10,24H,11-12H2,1H3,(H2,21,22,23). The lowest BCUT2D eigenvalue weighted by Crippen LogP contribution is -2.43. The van der Waals surface area contributed by atoms with Gasteiger partial charge in [-0.1, -0.05) is 30.3 Å². The highest BCUT2D eigenvalue weighted by atomic mass is 19.1. The summed E-state index contributed by atoms with van der Waals surface area (Å²) >= 11 is 0. The summed E-state index contributed by atoms with van der Waals surface area (Å²) in [7, 11) is 0. The van der Waals surface area contributed by atoms with E-state index in [1.54, 1.807) is 6.92 Å². The smallest absolute Gasteiger partial charge is 0.315 e. The van der Waals surface area contributed by atoms with Crippen LogP contribution in [-0.4, -0.2) is 17.7 Å². The normalized spacial score (nSPS) is 13.4. The van der Waals surface area contributed by atoms with Crippen LogP contribution in [0.25, 0.3) is 11.0 Å². The summed E-state index contributed by atoms with van der Waals surface area (Å²) in [5.74, 6) is 0.262. The van der Waals surface area contributed by atoms with E-state index >= 15 is 0 Å².